The molecule has 0 radical (unpaired) electrons. The molecular formula is C14H15N3O3S. The Morgan fingerprint density at radius 2 is 1.86 bits per heavy atom. The number of ether oxygens (including phenoxy) is 2. The van der Waals surface area contributed by atoms with Crippen LogP contribution in [-0.2, 0) is 4.79 Å². The van der Waals surface area contributed by atoms with E-state index < -0.39 is 0 Å². The van der Waals surface area contributed by atoms with Crippen molar-refractivity contribution in [3.05, 3.63) is 34.8 Å². The van der Waals surface area contributed by atoms with Crippen molar-refractivity contribution >= 4 is 28.5 Å². The smallest absolute Gasteiger partial charge is 0.250 e. The number of carbonyl (C=O) groups excluding carboxylic acids is 1. The predicted molar refractivity (Wildman–Crippen MR) is 81.9 cm³/mol. The zero-order valence-electron chi connectivity index (χ0n) is 11.9. The molecule has 2 rings (SSSR count). The lowest BCUT2D eigenvalue weighted by atomic mass is 10.2. The van der Waals surface area contributed by atoms with Gasteiger partial charge in [0.1, 0.15) is 16.5 Å². The third kappa shape index (κ3) is 4.28. The Morgan fingerprint density at radius 1 is 1.19 bits per heavy atom. The largest absolute Gasteiger partial charge is 0.497 e. The molecule has 1 aromatic heterocycles. The first-order valence-corrected chi connectivity index (χ1v) is 6.94. The lowest BCUT2D eigenvalue weighted by molar-refractivity contribution is -0.111. The van der Waals surface area contributed by atoms with E-state index in [0.29, 0.717) is 16.6 Å². The molecule has 1 amide bonds. The fourth-order valence-corrected chi connectivity index (χ4v) is 2.19. The zero-order chi connectivity index (χ0) is 15.2. The molecule has 0 atom stereocenters. The molecule has 21 heavy (non-hydrogen) atoms. The summed E-state index contributed by atoms with van der Waals surface area (Å²) in [6.45, 7) is 1.83. The van der Waals surface area contributed by atoms with Crippen LogP contribution in [0.25, 0.3) is 6.08 Å². The second-order valence-electron chi connectivity index (χ2n) is 4.09. The van der Waals surface area contributed by atoms with E-state index in [4.69, 9.17) is 9.47 Å². The first kappa shape index (κ1) is 15.0. The van der Waals surface area contributed by atoms with Crippen LogP contribution in [0, 0.1) is 6.92 Å². The minimum atomic E-state index is -0.270. The maximum absolute atomic E-state index is 11.8. The van der Waals surface area contributed by atoms with Crippen molar-refractivity contribution < 1.29 is 14.3 Å². The highest BCUT2D eigenvalue weighted by Crippen LogP contribution is 2.23. The number of hydrogen-bond donors (Lipinski definition) is 1. The fraction of sp³-hybridized carbons (Fsp3) is 0.214. The normalized spacial score (nSPS) is 10.6. The van der Waals surface area contributed by atoms with Crippen LogP contribution in [0.15, 0.2) is 24.3 Å². The van der Waals surface area contributed by atoms with Crippen molar-refractivity contribution in [1.82, 2.24) is 10.2 Å². The molecule has 0 bridgehead atoms. The molecule has 0 spiro atoms. The second kappa shape index (κ2) is 6.85. The highest BCUT2D eigenvalue weighted by molar-refractivity contribution is 7.15. The molecule has 110 valence electrons. The lowest BCUT2D eigenvalue weighted by Crippen LogP contribution is -2.07. The maximum atomic E-state index is 11.8. The van der Waals surface area contributed by atoms with E-state index in [2.05, 4.69) is 15.5 Å². The minimum Gasteiger partial charge on any atom is -0.497 e. The average molecular weight is 305 g/mol. The van der Waals surface area contributed by atoms with Crippen molar-refractivity contribution in [1.29, 1.82) is 0 Å². The van der Waals surface area contributed by atoms with E-state index in [1.54, 1.807) is 38.5 Å². The summed E-state index contributed by atoms with van der Waals surface area (Å²) in [4.78, 5) is 11.8. The Bertz CT molecular complexity index is 645. The van der Waals surface area contributed by atoms with Gasteiger partial charge in [0.05, 0.1) is 14.2 Å². The average Bonchev–Trinajstić information content (AvgIpc) is 2.89. The van der Waals surface area contributed by atoms with E-state index in [9.17, 15) is 4.79 Å². The molecule has 0 aliphatic carbocycles. The third-order valence-electron chi connectivity index (χ3n) is 2.56. The number of aromatic nitrogens is 2. The van der Waals surface area contributed by atoms with E-state index in [0.717, 1.165) is 10.6 Å². The number of nitrogens with zero attached hydrogens (tertiary/aromatic N) is 2. The van der Waals surface area contributed by atoms with Gasteiger partial charge >= 0.3 is 0 Å². The van der Waals surface area contributed by atoms with E-state index >= 15 is 0 Å². The zero-order valence-corrected chi connectivity index (χ0v) is 12.7. The molecule has 1 N–H and O–H groups in total. The van der Waals surface area contributed by atoms with Crippen molar-refractivity contribution in [2.75, 3.05) is 19.5 Å². The molecule has 6 nitrogen and oxygen atoms in total. The molecule has 0 saturated carbocycles. The van der Waals surface area contributed by atoms with Gasteiger partial charge < -0.3 is 9.47 Å². The van der Waals surface area contributed by atoms with Crippen LogP contribution in [0.4, 0.5) is 5.13 Å². The van der Waals surface area contributed by atoms with Gasteiger partial charge in [0.25, 0.3) is 0 Å². The molecule has 1 heterocycles. The van der Waals surface area contributed by atoms with Crippen LogP contribution in [-0.4, -0.2) is 30.3 Å². The molecule has 0 aliphatic rings. The quantitative estimate of drug-likeness (QED) is 0.859. The van der Waals surface area contributed by atoms with Gasteiger partial charge in [-0.15, -0.1) is 10.2 Å². The first-order chi connectivity index (χ1) is 10.1. The number of aryl methyl sites for hydroxylation is 1. The summed E-state index contributed by atoms with van der Waals surface area (Å²) in [5.41, 5.74) is 0.801. The number of rotatable bonds is 5. The van der Waals surface area contributed by atoms with Gasteiger partial charge in [0.15, 0.2) is 0 Å². The molecule has 0 aliphatic heterocycles. The Morgan fingerprint density at radius 3 is 2.38 bits per heavy atom. The monoisotopic (exact) mass is 305 g/mol. The molecule has 0 fully saturated rings. The van der Waals surface area contributed by atoms with Crippen LogP contribution < -0.4 is 14.8 Å². The Balaban J connectivity index is 2.07. The van der Waals surface area contributed by atoms with Gasteiger partial charge in [-0.25, -0.2) is 0 Å². The molecule has 7 heteroatoms. The Kier molecular flexibility index (Phi) is 4.89. The summed E-state index contributed by atoms with van der Waals surface area (Å²) in [5, 5.41) is 11.6. The predicted octanol–water partition coefficient (Wildman–Crippen LogP) is 2.52. The van der Waals surface area contributed by atoms with Crippen molar-refractivity contribution in [3.63, 3.8) is 0 Å². The summed E-state index contributed by atoms with van der Waals surface area (Å²) >= 11 is 1.32. The number of nitrogens with one attached hydrogen (secondary N) is 1. The maximum Gasteiger partial charge on any atom is 0.250 e. The number of hydrogen-bond acceptors (Lipinski definition) is 6. The fourth-order valence-electron chi connectivity index (χ4n) is 1.59. The summed E-state index contributed by atoms with van der Waals surface area (Å²) in [6.07, 6.45) is 3.10. The van der Waals surface area contributed by atoms with Crippen LogP contribution in [0.3, 0.4) is 0 Å². The Labute approximate surface area is 126 Å². The van der Waals surface area contributed by atoms with Gasteiger partial charge in [-0.3, -0.25) is 10.1 Å². The summed E-state index contributed by atoms with van der Waals surface area (Å²) < 4.78 is 10.3. The van der Waals surface area contributed by atoms with Crippen molar-refractivity contribution in [2.24, 2.45) is 0 Å². The van der Waals surface area contributed by atoms with E-state index in [1.807, 2.05) is 6.92 Å². The summed E-state index contributed by atoms with van der Waals surface area (Å²) in [6, 6.07) is 5.38. The number of anilines is 1. The first-order valence-electron chi connectivity index (χ1n) is 6.13. The van der Waals surface area contributed by atoms with Crippen molar-refractivity contribution in [2.45, 2.75) is 6.92 Å². The number of carbonyl (C=O) groups is 1. The van der Waals surface area contributed by atoms with E-state index in [-0.39, 0.29) is 5.91 Å². The topological polar surface area (TPSA) is 73.3 Å². The minimum absolute atomic E-state index is 0.270. The van der Waals surface area contributed by atoms with Crippen LogP contribution >= 0.6 is 11.3 Å². The van der Waals surface area contributed by atoms with Crippen molar-refractivity contribution in [3.8, 4) is 11.5 Å². The molecule has 0 saturated heterocycles. The standard InChI is InChI=1S/C14H15N3O3S/c1-9-16-17-14(21-9)15-13(18)5-4-10-6-11(19-2)8-12(7-10)20-3/h4-8H,1-3H3,(H,15,17,18). The highest BCUT2D eigenvalue weighted by Gasteiger charge is 2.04. The van der Waals surface area contributed by atoms with E-state index in [1.165, 1.54) is 17.4 Å². The third-order valence-corrected chi connectivity index (χ3v) is 3.31. The number of methoxy groups -OCH3 is 2. The molecule has 1 aromatic carbocycles. The van der Waals surface area contributed by atoms with Crippen LogP contribution in [0.2, 0.25) is 0 Å². The summed E-state index contributed by atoms with van der Waals surface area (Å²) in [7, 11) is 3.15. The highest BCUT2D eigenvalue weighted by atomic mass is 32.1. The molecule has 0 unspecified atom stereocenters. The molecular weight excluding hydrogens is 290 g/mol. The van der Waals surface area contributed by atoms with Gasteiger partial charge in [-0.1, -0.05) is 11.3 Å². The van der Waals surface area contributed by atoms with Crippen LogP contribution in [0.1, 0.15) is 10.6 Å². The number of amides is 1. The van der Waals surface area contributed by atoms with Gasteiger partial charge in [0, 0.05) is 12.1 Å². The SMILES string of the molecule is COc1cc(C=CC(=O)Nc2nnc(C)s2)cc(OC)c1. The van der Waals surface area contributed by atoms with Gasteiger partial charge in [-0.05, 0) is 30.7 Å². The second-order valence-corrected chi connectivity index (χ2v) is 5.28. The Hall–Kier alpha value is -2.41. The van der Waals surface area contributed by atoms with Crippen LogP contribution in [0.5, 0.6) is 11.5 Å². The van der Waals surface area contributed by atoms with Gasteiger partial charge in [0.2, 0.25) is 11.0 Å². The number of benzene rings is 1. The lowest BCUT2D eigenvalue weighted by Gasteiger charge is -2.05. The molecule has 2 aromatic rings. The summed E-state index contributed by atoms with van der Waals surface area (Å²) in [5.74, 6) is 1.05. The van der Waals surface area contributed by atoms with Gasteiger partial charge in [-0.2, -0.15) is 0 Å².